The predicted molar refractivity (Wildman–Crippen MR) is 208 cm³/mol. The van der Waals surface area contributed by atoms with Crippen LogP contribution >= 0.6 is 0 Å². The summed E-state index contributed by atoms with van der Waals surface area (Å²) in [4.78, 5) is 26.6. The number of aliphatic hydroxyl groups is 10. The first kappa shape index (κ1) is 48.9. The molecule has 4 aliphatic heterocycles. The standard InChI is InChI=1S/C42H66O20/c1-19(10-13-55-35(51)23-17-57-37(27-21(23)8-11-41(27,3)53)61-39-33(49)31(47)29(45)25(14-43)59-39)6-5-7-20(2)16-56-36(52)24-18-58-38(28-22(24)9-12-42(28,4)54)62-40-34(50)32(48)30(46)26(15-44)60-40/h17-22,25-34,37-40,43-50,53-54H,5-16H2,1-4H3. The first-order chi connectivity index (χ1) is 29.3. The van der Waals surface area contributed by atoms with Crippen molar-refractivity contribution >= 4 is 11.9 Å². The van der Waals surface area contributed by atoms with E-state index in [0.29, 0.717) is 32.1 Å². The number of hydrogen-bond donors (Lipinski definition) is 10. The lowest BCUT2D eigenvalue weighted by Crippen LogP contribution is -2.60. The third kappa shape index (κ3) is 10.4. The number of hydrogen-bond acceptors (Lipinski definition) is 20. The molecule has 0 aromatic carbocycles. The minimum atomic E-state index is -1.67. The average molecular weight is 891 g/mol. The van der Waals surface area contributed by atoms with Crippen LogP contribution in [0.3, 0.4) is 0 Å². The largest absolute Gasteiger partial charge is 0.471 e. The Kier molecular flexibility index (Phi) is 16.0. The molecular formula is C42H66O20. The molecule has 10 N–H and O–H groups in total. The first-order valence-electron chi connectivity index (χ1n) is 21.7. The van der Waals surface area contributed by atoms with Gasteiger partial charge >= 0.3 is 11.9 Å². The Morgan fingerprint density at radius 1 is 0.645 bits per heavy atom. The van der Waals surface area contributed by atoms with E-state index >= 15 is 0 Å². The van der Waals surface area contributed by atoms with Crippen molar-refractivity contribution in [2.24, 2.45) is 35.5 Å². The monoisotopic (exact) mass is 890 g/mol. The van der Waals surface area contributed by atoms with Crippen LogP contribution in [0.1, 0.15) is 79.1 Å². The summed E-state index contributed by atoms with van der Waals surface area (Å²) < 4.78 is 45.5. The molecule has 0 aromatic rings. The molecule has 0 bridgehead atoms. The third-order valence-corrected chi connectivity index (χ3v) is 13.7. The number of carbonyl (C=O) groups excluding carboxylic acids is 2. The van der Waals surface area contributed by atoms with E-state index in [-0.39, 0.29) is 36.2 Å². The van der Waals surface area contributed by atoms with E-state index in [1.165, 1.54) is 12.5 Å². The van der Waals surface area contributed by atoms with Gasteiger partial charge in [0.05, 0.1) is 73.1 Å². The summed E-state index contributed by atoms with van der Waals surface area (Å²) in [6, 6.07) is 0. The predicted octanol–water partition coefficient (Wildman–Crippen LogP) is -1.43. The first-order valence-corrected chi connectivity index (χ1v) is 21.7. The maximum atomic E-state index is 13.3. The molecule has 20 nitrogen and oxygen atoms in total. The Balaban J connectivity index is 0.921. The van der Waals surface area contributed by atoms with Crippen molar-refractivity contribution in [1.82, 2.24) is 0 Å². The number of rotatable bonds is 17. The number of ether oxygens (including phenoxy) is 8. The second-order valence-electron chi connectivity index (χ2n) is 18.5. The van der Waals surface area contributed by atoms with Crippen molar-refractivity contribution in [2.45, 2.75) is 164 Å². The van der Waals surface area contributed by atoms with E-state index in [1.807, 2.05) is 13.8 Å². The number of esters is 2. The van der Waals surface area contributed by atoms with Gasteiger partial charge in [0.2, 0.25) is 12.6 Å². The van der Waals surface area contributed by atoms with Crippen molar-refractivity contribution in [1.29, 1.82) is 0 Å². The molecule has 354 valence electrons. The van der Waals surface area contributed by atoms with Crippen molar-refractivity contribution in [3.05, 3.63) is 23.7 Å². The molecule has 2 aliphatic carbocycles. The maximum absolute atomic E-state index is 13.3. The lowest BCUT2D eigenvalue weighted by Gasteiger charge is -2.44. The molecule has 20 unspecified atom stereocenters. The Labute approximate surface area is 359 Å². The normalized spacial score (nSPS) is 43.8. The molecule has 20 heteroatoms. The van der Waals surface area contributed by atoms with Gasteiger partial charge in [-0.05, 0) is 64.2 Å². The van der Waals surface area contributed by atoms with Crippen LogP contribution in [-0.4, -0.2) is 175 Å². The van der Waals surface area contributed by atoms with Gasteiger partial charge in [-0.25, -0.2) is 9.59 Å². The van der Waals surface area contributed by atoms with E-state index in [1.54, 1.807) is 13.8 Å². The quantitative estimate of drug-likeness (QED) is 0.0749. The summed E-state index contributed by atoms with van der Waals surface area (Å²) in [6.45, 7) is 6.20. The van der Waals surface area contributed by atoms with Gasteiger partial charge in [-0.1, -0.05) is 26.7 Å². The Bertz CT molecular complexity index is 1580. The van der Waals surface area contributed by atoms with Crippen molar-refractivity contribution < 1.29 is 98.5 Å². The number of fused-ring (bicyclic) bond motifs is 2. The molecule has 6 aliphatic rings. The smallest absolute Gasteiger partial charge is 0.337 e. The zero-order valence-corrected chi connectivity index (χ0v) is 35.6. The van der Waals surface area contributed by atoms with Gasteiger partial charge in [0.1, 0.15) is 48.8 Å². The Hall–Kier alpha value is -2.54. The van der Waals surface area contributed by atoms with Crippen LogP contribution in [0.2, 0.25) is 0 Å². The summed E-state index contributed by atoms with van der Waals surface area (Å²) in [7, 11) is 0. The second-order valence-corrected chi connectivity index (χ2v) is 18.5. The lowest BCUT2D eigenvalue weighted by atomic mass is 9.81. The van der Waals surface area contributed by atoms with Crippen molar-refractivity contribution in [3.63, 3.8) is 0 Å². The fourth-order valence-electron chi connectivity index (χ4n) is 9.78. The van der Waals surface area contributed by atoms with Crippen LogP contribution in [0.5, 0.6) is 0 Å². The summed E-state index contributed by atoms with van der Waals surface area (Å²) in [5.74, 6) is -3.48. The van der Waals surface area contributed by atoms with E-state index < -0.39 is 134 Å². The van der Waals surface area contributed by atoms with Gasteiger partial charge in [-0.15, -0.1) is 0 Å². The molecule has 0 aromatic heterocycles. The molecule has 4 heterocycles. The maximum Gasteiger partial charge on any atom is 0.337 e. The highest BCUT2D eigenvalue weighted by molar-refractivity contribution is 5.89. The number of carbonyl (C=O) groups is 2. The van der Waals surface area contributed by atoms with Gasteiger partial charge in [0.25, 0.3) is 0 Å². The fraction of sp³-hybridized carbons (Fsp3) is 0.857. The molecule has 0 spiro atoms. The van der Waals surface area contributed by atoms with Crippen LogP contribution in [0.25, 0.3) is 0 Å². The Morgan fingerprint density at radius 3 is 1.53 bits per heavy atom. The lowest BCUT2D eigenvalue weighted by molar-refractivity contribution is -0.346. The molecule has 20 atom stereocenters. The van der Waals surface area contributed by atoms with Gasteiger partial charge in [0, 0.05) is 11.8 Å². The van der Waals surface area contributed by atoms with Crippen LogP contribution in [0, 0.1) is 35.5 Å². The van der Waals surface area contributed by atoms with Crippen molar-refractivity contribution in [2.75, 3.05) is 26.4 Å². The summed E-state index contributed by atoms with van der Waals surface area (Å²) in [6.07, 6.45) is -10.6. The Morgan fingerprint density at radius 2 is 1.08 bits per heavy atom. The molecule has 6 rings (SSSR count). The van der Waals surface area contributed by atoms with Crippen LogP contribution < -0.4 is 0 Å². The van der Waals surface area contributed by atoms with Crippen LogP contribution in [-0.2, 0) is 47.5 Å². The molecule has 0 radical (unpaired) electrons. The van der Waals surface area contributed by atoms with Gasteiger partial charge < -0.3 is 89.0 Å². The minimum Gasteiger partial charge on any atom is -0.471 e. The highest BCUT2D eigenvalue weighted by Crippen LogP contribution is 2.51. The molecule has 4 fully saturated rings. The van der Waals surface area contributed by atoms with E-state index in [2.05, 4.69) is 0 Å². The van der Waals surface area contributed by atoms with Gasteiger partial charge in [-0.3, -0.25) is 0 Å². The van der Waals surface area contributed by atoms with E-state index in [0.717, 1.165) is 19.3 Å². The summed E-state index contributed by atoms with van der Waals surface area (Å²) >= 11 is 0. The molecule has 62 heavy (non-hydrogen) atoms. The van der Waals surface area contributed by atoms with Gasteiger partial charge in [-0.2, -0.15) is 0 Å². The molecule has 2 saturated carbocycles. The summed E-state index contributed by atoms with van der Waals surface area (Å²) in [5.41, 5.74) is -2.17. The summed E-state index contributed by atoms with van der Waals surface area (Å²) in [5, 5.41) is 103. The zero-order valence-electron chi connectivity index (χ0n) is 35.6. The highest BCUT2D eigenvalue weighted by atomic mass is 16.8. The highest BCUT2D eigenvalue weighted by Gasteiger charge is 2.58. The van der Waals surface area contributed by atoms with Crippen molar-refractivity contribution in [3.8, 4) is 0 Å². The molecule has 0 amide bonds. The number of aliphatic hydroxyl groups excluding tert-OH is 8. The zero-order chi connectivity index (χ0) is 45.3. The van der Waals surface area contributed by atoms with Gasteiger partial charge in [0.15, 0.2) is 12.6 Å². The third-order valence-electron chi connectivity index (χ3n) is 13.7. The average Bonchev–Trinajstić information content (AvgIpc) is 3.74. The van der Waals surface area contributed by atoms with Crippen LogP contribution in [0.15, 0.2) is 23.7 Å². The fourth-order valence-corrected chi connectivity index (χ4v) is 9.78. The molecular weight excluding hydrogens is 824 g/mol. The second kappa shape index (κ2) is 20.3. The SMILES string of the molecule is CC(CCCC(C)COC(=O)C1=COC(OC2OC(CO)C(O)C(O)C2O)C2C1CCC2(C)O)CCOC(=O)C1=COC(OC2OC(CO)C(O)C(O)C2O)C2C1CCC2(C)O. The topological polar surface area (TPSA) is 310 Å². The van der Waals surface area contributed by atoms with E-state index in [4.69, 9.17) is 37.9 Å². The minimum absolute atomic E-state index is 0.0159. The van der Waals surface area contributed by atoms with Crippen LogP contribution in [0.4, 0.5) is 0 Å². The van der Waals surface area contributed by atoms with E-state index in [9.17, 15) is 60.7 Å². The molecule has 2 saturated heterocycles.